The van der Waals surface area contributed by atoms with E-state index in [1.54, 1.807) is 19.2 Å². The maximum Gasteiger partial charge on any atom is 0.228 e. The summed E-state index contributed by atoms with van der Waals surface area (Å²) in [5.74, 6) is 2.35. The number of anilines is 1. The lowest BCUT2D eigenvalue weighted by atomic mass is 10.4. The summed E-state index contributed by atoms with van der Waals surface area (Å²) in [5, 5.41) is 6.81. The van der Waals surface area contributed by atoms with Gasteiger partial charge in [-0.2, -0.15) is 9.97 Å². The number of hydrogen-bond acceptors (Lipinski definition) is 7. The number of aryl methyl sites for hydroxylation is 1. The lowest BCUT2D eigenvalue weighted by Gasteiger charge is -2.06. The molecule has 102 valence electrons. The minimum atomic E-state index is 0.532. The summed E-state index contributed by atoms with van der Waals surface area (Å²) < 4.78 is 10.4. The van der Waals surface area contributed by atoms with Crippen molar-refractivity contribution >= 4 is 5.95 Å². The van der Waals surface area contributed by atoms with Crippen LogP contribution in [0.4, 0.5) is 5.95 Å². The van der Waals surface area contributed by atoms with Gasteiger partial charge < -0.3 is 14.6 Å². The van der Waals surface area contributed by atoms with Crippen molar-refractivity contribution in [1.82, 2.24) is 20.1 Å². The third-order valence-corrected chi connectivity index (χ3v) is 2.28. The Labute approximate surface area is 111 Å². The Kier molecular flexibility index (Phi) is 4.66. The number of hydrogen-bond donors (Lipinski definition) is 1. The molecule has 0 bridgehead atoms. The molecule has 0 aromatic carbocycles. The molecule has 1 N–H and O–H groups in total. The van der Waals surface area contributed by atoms with Crippen molar-refractivity contribution in [2.45, 2.75) is 26.7 Å². The van der Waals surface area contributed by atoms with Crippen molar-refractivity contribution in [2.24, 2.45) is 0 Å². The Balaban J connectivity index is 1.82. The molecule has 0 radical (unpaired) electrons. The van der Waals surface area contributed by atoms with Crippen molar-refractivity contribution in [1.29, 1.82) is 0 Å². The fraction of sp³-hybridized carbons (Fsp3) is 0.500. The van der Waals surface area contributed by atoms with Gasteiger partial charge in [0, 0.05) is 25.2 Å². The number of aromatic nitrogens is 4. The van der Waals surface area contributed by atoms with Gasteiger partial charge in [0.25, 0.3) is 0 Å². The van der Waals surface area contributed by atoms with Crippen LogP contribution >= 0.6 is 0 Å². The molecular formula is C12H17N5O2. The van der Waals surface area contributed by atoms with Crippen molar-refractivity contribution < 1.29 is 9.26 Å². The molecule has 0 atom stereocenters. The highest BCUT2D eigenvalue weighted by Gasteiger charge is 2.03. The summed E-state index contributed by atoms with van der Waals surface area (Å²) in [6.07, 6.45) is 3.24. The SMILES string of the molecule is CCCOc1ccnc(NCCc2nc(C)no2)n1. The molecule has 2 aromatic rings. The van der Waals surface area contributed by atoms with Crippen molar-refractivity contribution in [3.63, 3.8) is 0 Å². The van der Waals surface area contributed by atoms with E-state index in [0.717, 1.165) is 6.42 Å². The molecule has 7 nitrogen and oxygen atoms in total. The first kappa shape index (κ1) is 13.3. The standard InChI is InChI=1S/C12H17N5O2/c1-3-8-18-10-4-6-13-12(16-10)14-7-5-11-15-9(2)17-19-11/h4,6H,3,5,7-8H2,1-2H3,(H,13,14,16). The zero-order valence-corrected chi connectivity index (χ0v) is 11.1. The van der Waals surface area contributed by atoms with Gasteiger partial charge in [-0.15, -0.1) is 0 Å². The smallest absolute Gasteiger partial charge is 0.228 e. The minimum absolute atomic E-state index is 0.532. The van der Waals surface area contributed by atoms with Crippen molar-refractivity contribution in [3.8, 4) is 5.88 Å². The van der Waals surface area contributed by atoms with Crippen LogP contribution in [0, 0.1) is 6.92 Å². The Morgan fingerprint density at radius 3 is 3.00 bits per heavy atom. The van der Waals surface area contributed by atoms with E-state index in [2.05, 4.69) is 25.4 Å². The fourth-order valence-corrected chi connectivity index (χ4v) is 1.44. The highest BCUT2D eigenvalue weighted by Crippen LogP contribution is 2.08. The average molecular weight is 263 g/mol. The Hall–Kier alpha value is -2.18. The largest absolute Gasteiger partial charge is 0.478 e. The molecule has 0 aliphatic heterocycles. The van der Waals surface area contributed by atoms with Gasteiger partial charge in [-0.05, 0) is 13.3 Å². The van der Waals surface area contributed by atoms with Crippen LogP contribution in [0.25, 0.3) is 0 Å². The third-order valence-electron chi connectivity index (χ3n) is 2.28. The van der Waals surface area contributed by atoms with E-state index in [1.165, 1.54) is 0 Å². The molecule has 0 amide bonds. The molecular weight excluding hydrogens is 246 g/mol. The number of rotatable bonds is 7. The number of nitrogens with zero attached hydrogens (tertiary/aromatic N) is 4. The van der Waals surface area contributed by atoms with Gasteiger partial charge in [0.2, 0.25) is 17.7 Å². The van der Waals surface area contributed by atoms with Crippen LogP contribution in [0.5, 0.6) is 5.88 Å². The van der Waals surface area contributed by atoms with Gasteiger partial charge in [0.1, 0.15) is 0 Å². The van der Waals surface area contributed by atoms with E-state index in [1.807, 2.05) is 6.92 Å². The summed E-state index contributed by atoms with van der Waals surface area (Å²) in [5.41, 5.74) is 0. The average Bonchev–Trinajstić information content (AvgIpc) is 2.83. The highest BCUT2D eigenvalue weighted by molar-refractivity contribution is 5.27. The van der Waals surface area contributed by atoms with Crippen LogP contribution in [0.15, 0.2) is 16.8 Å². The molecule has 0 fully saturated rings. The quantitative estimate of drug-likeness (QED) is 0.812. The van der Waals surface area contributed by atoms with E-state index < -0.39 is 0 Å². The molecule has 2 rings (SSSR count). The summed E-state index contributed by atoms with van der Waals surface area (Å²) in [7, 11) is 0. The second-order valence-electron chi connectivity index (χ2n) is 3.98. The topological polar surface area (TPSA) is 86.0 Å². The van der Waals surface area contributed by atoms with Gasteiger partial charge in [-0.1, -0.05) is 12.1 Å². The summed E-state index contributed by atoms with van der Waals surface area (Å²) in [6.45, 7) is 5.11. The van der Waals surface area contributed by atoms with Crippen molar-refractivity contribution in [2.75, 3.05) is 18.5 Å². The van der Waals surface area contributed by atoms with Crippen LogP contribution in [-0.4, -0.2) is 33.3 Å². The maximum atomic E-state index is 5.43. The Morgan fingerprint density at radius 1 is 1.37 bits per heavy atom. The van der Waals surface area contributed by atoms with Gasteiger partial charge >= 0.3 is 0 Å². The first-order chi connectivity index (χ1) is 9.28. The lowest BCUT2D eigenvalue weighted by molar-refractivity contribution is 0.305. The van der Waals surface area contributed by atoms with Gasteiger partial charge in [-0.3, -0.25) is 0 Å². The maximum absolute atomic E-state index is 5.43. The first-order valence-electron chi connectivity index (χ1n) is 6.27. The van der Waals surface area contributed by atoms with Gasteiger partial charge in [-0.25, -0.2) is 4.98 Å². The molecule has 0 saturated heterocycles. The minimum Gasteiger partial charge on any atom is -0.478 e. The van der Waals surface area contributed by atoms with E-state index >= 15 is 0 Å². The number of ether oxygens (including phenoxy) is 1. The first-order valence-corrected chi connectivity index (χ1v) is 6.27. The van der Waals surface area contributed by atoms with Gasteiger partial charge in [0.15, 0.2) is 5.82 Å². The predicted octanol–water partition coefficient (Wildman–Crippen LogP) is 1.61. The van der Waals surface area contributed by atoms with E-state index in [4.69, 9.17) is 9.26 Å². The van der Waals surface area contributed by atoms with Crippen LogP contribution in [-0.2, 0) is 6.42 Å². The molecule has 19 heavy (non-hydrogen) atoms. The Morgan fingerprint density at radius 2 is 2.26 bits per heavy atom. The molecule has 2 heterocycles. The molecule has 0 aliphatic carbocycles. The van der Waals surface area contributed by atoms with Crippen LogP contribution in [0.2, 0.25) is 0 Å². The molecule has 0 unspecified atom stereocenters. The highest BCUT2D eigenvalue weighted by atomic mass is 16.5. The molecule has 0 spiro atoms. The summed E-state index contributed by atoms with van der Waals surface area (Å²) in [6, 6.07) is 1.74. The zero-order chi connectivity index (χ0) is 13.5. The van der Waals surface area contributed by atoms with Crippen LogP contribution in [0.3, 0.4) is 0 Å². The van der Waals surface area contributed by atoms with E-state index in [9.17, 15) is 0 Å². The monoisotopic (exact) mass is 263 g/mol. The van der Waals surface area contributed by atoms with Crippen LogP contribution in [0.1, 0.15) is 25.1 Å². The van der Waals surface area contributed by atoms with E-state index in [-0.39, 0.29) is 0 Å². The van der Waals surface area contributed by atoms with Crippen LogP contribution < -0.4 is 10.1 Å². The zero-order valence-electron chi connectivity index (χ0n) is 11.1. The molecule has 0 saturated carbocycles. The van der Waals surface area contributed by atoms with E-state index in [0.29, 0.717) is 43.1 Å². The van der Waals surface area contributed by atoms with Crippen molar-refractivity contribution in [3.05, 3.63) is 24.0 Å². The molecule has 0 aliphatic rings. The second-order valence-corrected chi connectivity index (χ2v) is 3.98. The fourth-order valence-electron chi connectivity index (χ4n) is 1.44. The second kappa shape index (κ2) is 6.67. The predicted molar refractivity (Wildman–Crippen MR) is 69.0 cm³/mol. The van der Waals surface area contributed by atoms with Gasteiger partial charge in [0.05, 0.1) is 6.61 Å². The Bertz CT molecular complexity index is 514. The molecule has 7 heteroatoms. The third kappa shape index (κ3) is 4.20. The normalized spacial score (nSPS) is 10.4. The molecule has 2 aromatic heterocycles. The lowest BCUT2D eigenvalue weighted by Crippen LogP contribution is -2.09. The summed E-state index contributed by atoms with van der Waals surface area (Å²) >= 11 is 0. The number of nitrogens with one attached hydrogen (secondary N) is 1. The summed E-state index contributed by atoms with van der Waals surface area (Å²) in [4.78, 5) is 12.5.